The fraction of sp³-hybridized carbons (Fsp3) is 0.562. The van der Waals surface area contributed by atoms with E-state index in [1.54, 1.807) is 14.0 Å². The summed E-state index contributed by atoms with van der Waals surface area (Å²) in [4.78, 5) is 12.0. The first-order chi connectivity index (χ1) is 9.86. The molecule has 5 heteroatoms. The molecule has 2 unspecified atom stereocenters. The van der Waals surface area contributed by atoms with E-state index in [-0.39, 0.29) is 24.5 Å². The lowest BCUT2D eigenvalue weighted by Crippen LogP contribution is -2.48. The Balaban J connectivity index is 2.58. The van der Waals surface area contributed by atoms with Crippen molar-refractivity contribution >= 4 is 6.03 Å². The van der Waals surface area contributed by atoms with Crippen molar-refractivity contribution in [2.45, 2.75) is 32.4 Å². The van der Waals surface area contributed by atoms with Crippen LogP contribution in [0, 0.1) is 5.92 Å². The lowest BCUT2D eigenvalue weighted by Gasteiger charge is -2.28. The number of rotatable bonds is 7. The molecular formula is C16H26N2O3. The number of hydrogen-bond donors (Lipinski definition) is 3. The normalized spacial score (nSPS) is 15.3. The average molecular weight is 294 g/mol. The molecule has 0 spiro atoms. The summed E-state index contributed by atoms with van der Waals surface area (Å²) >= 11 is 0. The van der Waals surface area contributed by atoms with E-state index in [1.165, 1.54) is 0 Å². The van der Waals surface area contributed by atoms with Crippen LogP contribution < -0.4 is 10.6 Å². The van der Waals surface area contributed by atoms with E-state index in [0.29, 0.717) is 6.61 Å². The van der Waals surface area contributed by atoms with Gasteiger partial charge in [0.1, 0.15) is 0 Å². The van der Waals surface area contributed by atoms with E-state index in [2.05, 4.69) is 10.6 Å². The van der Waals surface area contributed by atoms with Crippen LogP contribution in [0.15, 0.2) is 30.3 Å². The maximum absolute atomic E-state index is 12.0. The molecule has 0 aliphatic heterocycles. The van der Waals surface area contributed by atoms with Gasteiger partial charge in [-0.05, 0) is 18.4 Å². The first kappa shape index (κ1) is 17.5. The Hall–Kier alpha value is -1.59. The second-order valence-corrected chi connectivity index (χ2v) is 5.76. The quantitative estimate of drug-likeness (QED) is 0.721. The molecule has 1 rings (SSSR count). The van der Waals surface area contributed by atoms with Gasteiger partial charge in [-0.15, -0.1) is 0 Å². The summed E-state index contributed by atoms with van der Waals surface area (Å²) in [6.07, 6.45) is 0. The number of benzene rings is 1. The summed E-state index contributed by atoms with van der Waals surface area (Å²) in [7, 11) is 1.60. The van der Waals surface area contributed by atoms with Crippen molar-refractivity contribution in [1.29, 1.82) is 0 Å². The van der Waals surface area contributed by atoms with Gasteiger partial charge in [0, 0.05) is 13.7 Å². The summed E-state index contributed by atoms with van der Waals surface area (Å²) in [5.41, 5.74) is 0.0472. The van der Waals surface area contributed by atoms with E-state index in [4.69, 9.17) is 4.74 Å². The van der Waals surface area contributed by atoms with Crippen molar-refractivity contribution < 1.29 is 14.6 Å². The number of methoxy groups -OCH3 is 1. The molecule has 0 fully saturated rings. The summed E-state index contributed by atoms with van der Waals surface area (Å²) < 4.78 is 5.15. The van der Waals surface area contributed by atoms with E-state index >= 15 is 0 Å². The predicted octanol–water partition coefficient (Wildman–Crippen LogP) is 2.08. The Morgan fingerprint density at radius 3 is 2.48 bits per heavy atom. The molecule has 0 saturated carbocycles. The zero-order valence-electron chi connectivity index (χ0n) is 13.2. The van der Waals surface area contributed by atoms with Crippen molar-refractivity contribution in [3.8, 4) is 0 Å². The van der Waals surface area contributed by atoms with E-state index in [9.17, 15) is 9.90 Å². The van der Waals surface area contributed by atoms with Crippen LogP contribution in [-0.2, 0) is 4.74 Å². The Bertz CT molecular complexity index is 432. The number of aliphatic hydroxyl groups is 1. The Labute approximate surface area is 126 Å². The fourth-order valence-corrected chi connectivity index (χ4v) is 1.75. The van der Waals surface area contributed by atoms with Crippen LogP contribution in [0.5, 0.6) is 0 Å². The topological polar surface area (TPSA) is 70.6 Å². The molecule has 3 N–H and O–H groups in total. The molecule has 1 aromatic rings. The number of urea groups is 1. The van der Waals surface area contributed by atoms with Crippen molar-refractivity contribution in [3.63, 3.8) is 0 Å². The van der Waals surface area contributed by atoms with Crippen LogP contribution in [0.25, 0.3) is 0 Å². The Morgan fingerprint density at radius 2 is 1.95 bits per heavy atom. The number of ether oxygens (including phenoxy) is 1. The van der Waals surface area contributed by atoms with Crippen LogP contribution in [0.3, 0.4) is 0 Å². The van der Waals surface area contributed by atoms with Gasteiger partial charge in [0.2, 0.25) is 0 Å². The third kappa shape index (κ3) is 5.73. The molecule has 0 saturated heterocycles. The van der Waals surface area contributed by atoms with Crippen LogP contribution in [0.1, 0.15) is 32.4 Å². The monoisotopic (exact) mass is 294 g/mol. The summed E-state index contributed by atoms with van der Waals surface area (Å²) in [6, 6.07) is 9.10. The van der Waals surface area contributed by atoms with Gasteiger partial charge in [-0.1, -0.05) is 44.2 Å². The van der Waals surface area contributed by atoms with E-state index < -0.39 is 5.60 Å². The molecule has 21 heavy (non-hydrogen) atoms. The van der Waals surface area contributed by atoms with E-state index in [0.717, 1.165) is 5.56 Å². The van der Waals surface area contributed by atoms with Gasteiger partial charge in [-0.3, -0.25) is 0 Å². The lowest BCUT2D eigenvalue weighted by molar-refractivity contribution is 0.0164. The lowest BCUT2D eigenvalue weighted by atomic mass is 9.93. The molecule has 0 aromatic heterocycles. The van der Waals surface area contributed by atoms with Gasteiger partial charge < -0.3 is 20.5 Å². The van der Waals surface area contributed by atoms with Crippen molar-refractivity contribution in [2.75, 3.05) is 20.3 Å². The molecular weight excluding hydrogens is 268 g/mol. The summed E-state index contributed by atoms with van der Waals surface area (Å²) in [5, 5.41) is 15.7. The highest BCUT2D eigenvalue weighted by Gasteiger charge is 2.25. The molecule has 0 bridgehead atoms. The standard InChI is InChI=1S/C16H26N2O3/c1-12(2)16(3,20)11-17-15(19)18-14(10-21-4)13-8-6-5-7-9-13/h5-9,12,14,20H,10-11H2,1-4H3,(H2,17,18,19). The van der Waals surface area contributed by atoms with Crippen LogP contribution >= 0.6 is 0 Å². The summed E-state index contributed by atoms with van der Waals surface area (Å²) in [5.74, 6) is 0.0571. The predicted molar refractivity (Wildman–Crippen MR) is 83.1 cm³/mol. The van der Waals surface area contributed by atoms with Gasteiger partial charge >= 0.3 is 6.03 Å². The highest BCUT2D eigenvalue weighted by molar-refractivity contribution is 5.74. The molecule has 0 heterocycles. The fourth-order valence-electron chi connectivity index (χ4n) is 1.75. The third-order valence-electron chi connectivity index (χ3n) is 3.69. The van der Waals surface area contributed by atoms with E-state index in [1.807, 2.05) is 44.2 Å². The number of nitrogens with one attached hydrogen (secondary N) is 2. The maximum atomic E-state index is 12.0. The minimum atomic E-state index is -0.930. The Morgan fingerprint density at radius 1 is 1.33 bits per heavy atom. The highest BCUT2D eigenvalue weighted by atomic mass is 16.5. The highest BCUT2D eigenvalue weighted by Crippen LogP contribution is 2.15. The van der Waals surface area contributed by atoms with Gasteiger partial charge in [0.15, 0.2) is 0 Å². The number of hydrogen-bond acceptors (Lipinski definition) is 3. The SMILES string of the molecule is COCC(NC(=O)NCC(C)(O)C(C)C)c1ccccc1. The molecule has 0 radical (unpaired) electrons. The van der Waals surface area contributed by atoms with Gasteiger partial charge in [-0.2, -0.15) is 0 Å². The average Bonchev–Trinajstić information content (AvgIpc) is 2.45. The molecule has 2 atom stereocenters. The molecule has 1 aromatic carbocycles. The van der Waals surface area contributed by atoms with Crippen molar-refractivity contribution in [3.05, 3.63) is 35.9 Å². The first-order valence-electron chi connectivity index (χ1n) is 7.17. The molecule has 5 nitrogen and oxygen atoms in total. The van der Waals surface area contributed by atoms with Crippen LogP contribution in [-0.4, -0.2) is 37.0 Å². The molecule has 2 amide bonds. The number of amides is 2. The first-order valence-corrected chi connectivity index (χ1v) is 7.17. The zero-order valence-corrected chi connectivity index (χ0v) is 13.2. The van der Waals surface area contributed by atoms with Crippen molar-refractivity contribution in [2.24, 2.45) is 5.92 Å². The Kier molecular flexibility index (Phi) is 6.65. The molecule has 0 aliphatic carbocycles. The third-order valence-corrected chi connectivity index (χ3v) is 3.69. The smallest absolute Gasteiger partial charge is 0.315 e. The van der Waals surface area contributed by atoms with Crippen LogP contribution in [0.2, 0.25) is 0 Å². The van der Waals surface area contributed by atoms with Gasteiger partial charge in [-0.25, -0.2) is 4.79 Å². The number of carbonyl (C=O) groups is 1. The van der Waals surface area contributed by atoms with Crippen molar-refractivity contribution in [1.82, 2.24) is 10.6 Å². The second kappa shape index (κ2) is 8.00. The molecule has 118 valence electrons. The maximum Gasteiger partial charge on any atom is 0.315 e. The van der Waals surface area contributed by atoms with Crippen LogP contribution in [0.4, 0.5) is 4.79 Å². The second-order valence-electron chi connectivity index (χ2n) is 5.76. The molecule has 0 aliphatic rings. The van der Waals surface area contributed by atoms with Gasteiger partial charge in [0.25, 0.3) is 0 Å². The largest absolute Gasteiger partial charge is 0.388 e. The summed E-state index contributed by atoms with van der Waals surface area (Å²) in [6.45, 7) is 6.12. The zero-order chi connectivity index (χ0) is 15.9. The minimum absolute atomic E-state index is 0.0571. The van der Waals surface area contributed by atoms with Gasteiger partial charge in [0.05, 0.1) is 18.2 Å². The minimum Gasteiger partial charge on any atom is -0.388 e. The number of carbonyl (C=O) groups excluding carboxylic acids is 1.